The normalized spacial score (nSPS) is 13.3. The van der Waals surface area contributed by atoms with Gasteiger partial charge in [0.25, 0.3) is 5.69 Å². The summed E-state index contributed by atoms with van der Waals surface area (Å²) >= 11 is 0. The third kappa shape index (κ3) is 5.55. The van der Waals surface area contributed by atoms with E-state index in [1.54, 1.807) is 32.3 Å². The fourth-order valence-electron chi connectivity index (χ4n) is 2.89. The Kier molecular flexibility index (Phi) is 6.46. The Morgan fingerprint density at radius 2 is 1.90 bits per heavy atom. The van der Waals surface area contributed by atoms with E-state index in [0.29, 0.717) is 24.7 Å². The van der Waals surface area contributed by atoms with Gasteiger partial charge in [-0.05, 0) is 35.4 Å². The first kappa shape index (κ1) is 20.3. The van der Waals surface area contributed by atoms with Gasteiger partial charge < -0.3 is 14.4 Å². The average Bonchev–Trinajstić information content (AvgIpc) is 2.90. The maximum atomic E-state index is 11.7. The van der Waals surface area contributed by atoms with Crippen molar-refractivity contribution in [3.05, 3.63) is 69.8 Å². The molecule has 0 aromatic heterocycles. The van der Waals surface area contributed by atoms with Crippen molar-refractivity contribution < 1.29 is 19.2 Å². The van der Waals surface area contributed by atoms with Crippen molar-refractivity contribution in [1.82, 2.24) is 9.80 Å². The second kappa shape index (κ2) is 9.20. The van der Waals surface area contributed by atoms with E-state index in [1.165, 1.54) is 17.0 Å². The summed E-state index contributed by atoms with van der Waals surface area (Å²) < 4.78 is 11.0. The standard InChI is InChI=1S/C21H23N3O5/c1-22(2)21(25)29-20-8-5-17-15-23(11-3-4-16(17)14-20)12-13-28-19-9-6-18(7-10-19)24(26)27/h3-10,14H,11-13,15H2,1-2H3. The van der Waals surface area contributed by atoms with Crippen LogP contribution in [0.25, 0.3) is 6.08 Å². The zero-order valence-corrected chi connectivity index (χ0v) is 16.4. The summed E-state index contributed by atoms with van der Waals surface area (Å²) in [5, 5.41) is 10.7. The lowest BCUT2D eigenvalue weighted by molar-refractivity contribution is -0.384. The summed E-state index contributed by atoms with van der Waals surface area (Å²) in [6, 6.07) is 11.7. The van der Waals surface area contributed by atoms with E-state index in [-0.39, 0.29) is 5.69 Å². The minimum Gasteiger partial charge on any atom is -0.492 e. The van der Waals surface area contributed by atoms with Crippen LogP contribution in [0.1, 0.15) is 11.1 Å². The monoisotopic (exact) mass is 397 g/mol. The zero-order chi connectivity index (χ0) is 20.8. The van der Waals surface area contributed by atoms with Gasteiger partial charge in [0.05, 0.1) is 4.92 Å². The van der Waals surface area contributed by atoms with E-state index in [4.69, 9.17) is 9.47 Å². The van der Waals surface area contributed by atoms with E-state index < -0.39 is 11.0 Å². The number of hydrogen-bond donors (Lipinski definition) is 0. The molecule has 0 saturated heterocycles. The van der Waals surface area contributed by atoms with Crippen LogP contribution in [0.2, 0.25) is 0 Å². The number of ether oxygens (including phenoxy) is 2. The van der Waals surface area contributed by atoms with Crippen LogP contribution in [0.5, 0.6) is 11.5 Å². The number of rotatable bonds is 6. The number of carbonyl (C=O) groups is 1. The molecule has 0 radical (unpaired) electrons. The van der Waals surface area contributed by atoms with Crippen LogP contribution in [0.3, 0.4) is 0 Å². The van der Waals surface area contributed by atoms with Gasteiger partial charge in [-0.3, -0.25) is 15.0 Å². The van der Waals surface area contributed by atoms with E-state index >= 15 is 0 Å². The van der Waals surface area contributed by atoms with E-state index in [0.717, 1.165) is 24.2 Å². The number of fused-ring (bicyclic) bond motifs is 1. The van der Waals surface area contributed by atoms with Gasteiger partial charge in [0.1, 0.15) is 18.1 Å². The minimum atomic E-state index is -0.433. The summed E-state index contributed by atoms with van der Waals surface area (Å²) in [5.41, 5.74) is 2.20. The second-order valence-electron chi connectivity index (χ2n) is 6.86. The van der Waals surface area contributed by atoms with Crippen molar-refractivity contribution in [3.8, 4) is 11.5 Å². The molecule has 0 saturated carbocycles. The summed E-state index contributed by atoms with van der Waals surface area (Å²) in [5.74, 6) is 1.12. The van der Waals surface area contributed by atoms with Gasteiger partial charge in [-0.25, -0.2) is 4.79 Å². The lowest BCUT2D eigenvalue weighted by Crippen LogP contribution is -2.28. The Balaban J connectivity index is 1.55. The van der Waals surface area contributed by atoms with E-state index in [9.17, 15) is 14.9 Å². The largest absolute Gasteiger partial charge is 0.492 e. The molecule has 0 bridgehead atoms. The van der Waals surface area contributed by atoms with Crippen molar-refractivity contribution in [2.75, 3.05) is 33.8 Å². The Hall–Kier alpha value is -3.39. The van der Waals surface area contributed by atoms with Crippen LogP contribution in [0.4, 0.5) is 10.5 Å². The molecular formula is C21H23N3O5. The first-order chi connectivity index (χ1) is 13.9. The van der Waals surface area contributed by atoms with Crippen molar-refractivity contribution in [2.45, 2.75) is 6.54 Å². The quantitative estimate of drug-likeness (QED) is 0.547. The van der Waals surface area contributed by atoms with Crippen LogP contribution < -0.4 is 9.47 Å². The summed E-state index contributed by atoms with van der Waals surface area (Å²) in [6.07, 6.45) is 3.68. The van der Waals surface area contributed by atoms with Gasteiger partial charge in [0.2, 0.25) is 0 Å². The molecule has 0 fully saturated rings. The van der Waals surface area contributed by atoms with Crippen molar-refractivity contribution in [1.29, 1.82) is 0 Å². The van der Waals surface area contributed by atoms with Gasteiger partial charge in [-0.1, -0.05) is 18.2 Å². The molecule has 2 aromatic carbocycles. The van der Waals surface area contributed by atoms with Gasteiger partial charge in [0, 0.05) is 45.9 Å². The Morgan fingerprint density at radius 3 is 2.59 bits per heavy atom. The number of nitro groups is 1. The number of amides is 1. The van der Waals surface area contributed by atoms with Crippen molar-refractivity contribution in [3.63, 3.8) is 0 Å². The molecule has 8 nitrogen and oxygen atoms in total. The first-order valence-electron chi connectivity index (χ1n) is 9.20. The number of carbonyl (C=O) groups excluding carboxylic acids is 1. The molecule has 0 unspecified atom stereocenters. The predicted molar refractivity (Wildman–Crippen MR) is 109 cm³/mol. The lowest BCUT2D eigenvalue weighted by Gasteiger charge is -2.20. The molecule has 3 rings (SSSR count). The number of non-ortho nitro benzene ring substituents is 1. The average molecular weight is 397 g/mol. The van der Waals surface area contributed by atoms with Crippen LogP contribution in [-0.4, -0.2) is 54.6 Å². The molecule has 0 atom stereocenters. The molecule has 1 amide bonds. The molecule has 8 heteroatoms. The molecule has 0 spiro atoms. The highest BCUT2D eigenvalue weighted by Gasteiger charge is 2.14. The van der Waals surface area contributed by atoms with Crippen molar-refractivity contribution in [2.24, 2.45) is 0 Å². The summed E-state index contributed by atoms with van der Waals surface area (Å²) in [4.78, 5) is 25.6. The molecule has 0 aliphatic carbocycles. The number of nitro benzene ring substituents is 1. The Morgan fingerprint density at radius 1 is 1.17 bits per heavy atom. The second-order valence-corrected chi connectivity index (χ2v) is 6.86. The molecule has 152 valence electrons. The molecule has 1 aliphatic heterocycles. The lowest BCUT2D eigenvalue weighted by atomic mass is 10.1. The zero-order valence-electron chi connectivity index (χ0n) is 16.4. The predicted octanol–water partition coefficient (Wildman–Crippen LogP) is 3.56. The van der Waals surface area contributed by atoms with Gasteiger partial charge in [-0.15, -0.1) is 0 Å². The maximum absolute atomic E-state index is 11.7. The van der Waals surface area contributed by atoms with Crippen molar-refractivity contribution >= 4 is 17.9 Å². The molecule has 1 aliphatic rings. The van der Waals surface area contributed by atoms with Crippen LogP contribution in [-0.2, 0) is 6.54 Å². The maximum Gasteiger partial charge on any atom is 0.414 e. The fraction of sp³-hybridized carbons (Fsp3) is 0.286. The molecule has 1 heterocycles. The third-order valence-electron chi connectivity index (χ3n) is 4.47. The Labute approximate surface area is 169 Å². The van der Waals surface area contributed by atoms with Crippen LogP contribution >= 0.6 is 0 Å². The SMILES string of the molecule is CN(C)C(=O)Oc1ccc2c(c1)C=CCN(CCOc1ccc([N+](=O)[O-])cc1)C2. The number of nitrogens with zero attached hydrogens (tertiary/aromatic N) is 3. The Bertz CT molecular complexity index is 909. The van der Waals surface area contributed by atoms with E-state index in [1.807, 2.05) is 18.2 Å². The first-order valence-corrected chi connectivity index (χ1v) is 9.20. The topological polar surface area (TPSA) is 85.2 Å². The molecule has 2 aromatic rings. The van der Waals surface area contributed by atoms with Crippen LogP contribution in [0.15, 0.2) is 48.5 Å². The van der Waals surface area contributed by atoms with Gasteiger partial charge in [0.15, 0.2) is 0 Å². The molecule has 29 heavy (non-hydrogen) atoms. The van der Waals surface area contributed by atoms with E-state index in [2.05, 4.69) is 11.0 Å². The van der Waals surface area contributed by atoms with Gasteiger partial charge in [-0.2, -0.15) is 0 Å². The van der Waals surface area contributed by atoms with Gasteiger partial charge >= 0.3 is 6.09 Å². The van der Waals surface area contributed by atoms with Crippen LogP contribution in [0, 0.1) is 10.1 Å². The number of hydrogen-bond acceptors (Lipinski definition) is 6. The summed E-state index contributed by atoms with van der Waals surface area (Å²) in [6.45, 7) is 2.69. The molecule has 0 N–H and O–H groups in total. The minimum absolute atomic E-state index is 0.0437. The smallest absolute Gasteiger partial charge is 0.414 e. The third-order valence-corrected chi connectivity index (χ3v) is 4.47. The molecular weight excluding hydrogens is 374 g/mol. The highest BCUT2D eigenvalue weighted by molar-refractivity contribution is 5.70. The fourth-order valence-corrected chi connectivity index (χ4v) is 2.89. The highest BCUT2D eigenvalue weighted by atomic mass is 16.6. The highest BCUT2D eigenvalue weighted by Crippen LogP contribution is 2.23. The number of benzene rings is 2. The summed E-state index contributed by atoms with van der Waals surface area (Å²) in [7, 11) is 3.28.